The minimum absolute atomic E-state index is 0.158. The Morgan fingerprint density at radius 1 is 1.39 bits per heavy atom. The Morgan fingerprint density at radius 3 is 2.44 bits per heavy atom. The number of amides is 1. The monoisotopic (exact) mass is 268 g/mol. The number of hydrogen-bond donors (Lipinski definition) is 2. The maximum Gasteiger partial charge on any atom is 0.253 e. The summed E-state index contributed by atoms with van der Waals surface area (Å²) in [4.78, 5) is 12.2. The number of aryl methyl sites for hydroxylation is 1. The van der Waals surface area contributed by atoms with Crippen LogP contribution in [-0.4, -0.2) is 18.0 Å². The fourth-order valence-electron chi connectivity index (χ4n) is 1.88. The maximum absolute atomic E-state index is 12.2. The summed E-state index contributed by atoms with van der Waals surface area (Å²) in [6, 6.07) is 5.42. The van der Waals surface area contributed by atoms with Crippen molar-refractivity contribution in [1.82, 2.24) is 5.32 Å². The van der Waals surface area contributed by atoms with Crippen LogP contribution in [0.25, 0.3) is 0 Å². The fourth-order valence-corrected chi connectivity index (χ4v) is 2.20. The fraction of sp³-hybridized carbons (Fsp3) is 0.500. The molecule has 0 aliphatic carbocycles. The first kappa shape index (κ1) is 15.0. The number of halogens is 1. The number of carbonyl (C=O) groups excluding carboxylic acids is 1. The number of nitrogens with two attached hydrogens (primary N) is 1. The second kappa shape index (κ2) is 6.21. The number of hydrogen-bond acceptors (Lipinski definition) is 2. The molecule has 1 amide bonds. The molecule has 0 aliphatic rings. The van der Waals surface area contributed by atoms with E-state index in [-0.39, 0.29) is 11.4 Å². The van der Waals surface area contributed by atoms with Crippen molar-refractivity contribution >= 4 is 17.5 Å². The molecule has 4 heteroatoms. The third-order valence-electron chi connectivity index (χ3n) is 3.49. The zero-order valence-corrected chi connectivity index (χ0v) is 12.0. The highest BCUT2D eigenvalue weighted by molar-refractivity contribution is 6.33. The summed E-state index contributed by atoms with van der Waals surface area (Å²) in [7, 11) is 0. The lowest BCUT2D eigenvalue weighted by atomic mass is 9.92. The van der Waals surface area contributed by atoms with E-state index in [0.717, 1.165) is 18.4 Å². The first-order valence-electron chi connectivity index (χ1n) is 6.26. The molecule has 1 aromatic rings. The first-order valence-corrected chi connectivity index (χ1v) is 6.64. The van der Waals surface area contributed by atoms with Crippen molar-refractivity contribution in [3.8, 4) is 0 Å². The summed E-state index contributed by atoms with van der Waals surface area (Å²) in [6.07, 6.45) is 1.60. The summed E-state index contributed by atoms with van der Waals surface area (Å²) >= 11 is 6.09. The molecule has 0 aromatic heterocycles. The van der Waals surface area contributed by atoms with Crippen molar-refractivity contribution in [3.63, 3.8) is 0 Å². The molecule has 0 unspecified atom stereocenters. The quantitative estimate of drug-likeness (QED) is 0.863. The molecule has 0 saturated carbocycles. The predicted octanol–water partition coefficient (Wildman–Crippen LogP) is 2.90. The molecule has 0 radical (unpaired) electrons. The van der Waals surface area contributed by atoms with E-state index in [0.29, 0.717) is 17.1 Å². The minimum atomic E-state index is -0.342. The molecule has 0 fully saturated rings. The van der Waals surface area contributed by atoms with Crippen molar-refractivity contribution in [2.75, 3.05) is 6.54 Å². The van der Waals surface area contributed by atoms with E-state index in [2.05, 4.69) is 5.32 Å². The topological polar surface area (TPSA) is 55.1 Å². The molecule has 100 valence electrons. The molecule has 0 saturated heterocycles. The van der Waals surface area contributed by atoms with Gasteiger partial charge in [0.1, 0.15) is 0 Å². The van der Waals surface area contributed by atoms with Gasteiger partial charge in [-0.25, -0.2) is 0 Å². The van der Waals surface area contributed by atoms with Gasteiger partial charge in [-0.1, -0.05) is 31.5 Å². The second-order valence-corrected chi connectivity index (χ2v) is 5.04. The summed E-state index contributed by atoms with van der Waals surface area (Å²) < 4.78 is 0. The van der Waals surface area contributed by atoms with Crippen LogP contribution in [-0.2, 0) is 0 Å². The smallest absolute Gasteiger partial charge is 0.253 e. The van der Waals surface area contributed by atoms with Gasteiger partial charge in [0.05, 0.1) is 16.1 Å². The average molecular weight is 269 g/mol. The van der Waals surface area contributed by atoms with Gasteiger partial charge in [0.2, 0.25) is 0 Å². The Morgan fingerprint density at radius 2 is 2.00 bits per heavy atom. The van der Waals surface area contributed by atoms with Crippen LogP contribution in [0.2, 0.25) is 5.02 Å². The van der Waals surface area contributed by atoms with Gasteiger partial charge in [-0.3, -0.25) is 4.79 Å². The largest absolute Gasteiger partial charge is 0.345 e. The van der Waals surface area contributed by atoms with Crippen LogP contribution in [0.5, 0.6) is 0 Å². The van der Waals surface area contributed by atoms with E-state index >= 15 is 0 Å². The summed E-state index contributed by atoms with van der Waals surface area (Å²) in [6.45, 7) is 6.41. The number of benzene rings is 1. The summed E-state index contributed by atoms with van der Waals surface area (Å²) in [5, 5.41) is 3.49. The highest BCUT2D eigenvalue weighted by Crippen LogP contribution is 2.20. The Labute approximate surface area is 114 Å². The van der Waals surface area contributed by atoms with Crippen molar-refractivity contribution < 1.29 is 4.79 Å². The SMILES string of the molecule is CCC(CC)(CN)NC(=O)c1ccc(C)cc1Cl. The number of carbonyl (C=O) groups is 1. The van der Waals surface area contributed by atoms with Crippen LogP contribution in [0, 0.1) is 6.92 Å². The molecule has 1 rings (SSSR count). The van der Waals surface area contributed by atoms with E-state index in [9.17, 15) is 4.79 Å². The highest BCUT2D eigenvalue weighted by atomic mass is 35.5. The molecule has 3 N–H and O–H groups in total. The molecular weight excluding hydrogens is 248 g/mol. The zero-order chi connectivity index (χ0) is 13.8. The Kier molecular flexibility index (Phi) is 5.17. The Balaban J connectivity index is 2.94. The van der Waals surface area contributed by atoms with Gasteiger partial charge in [-0.15, -0.1) is 0 Å². The molecule has 3 nitrogen and oxygen atoms in total. The zero-order valence-electron chi connectivity index (χ0n) is 11.2. The standard InChI is InChI=1S/C14H21ClN2O/c1-4-14(5-2,9-16)17-13(18)11-7-6-10(3)8-12(11)15/h6-8H,4-5,9,16H2,1-3H3,(H,17,18). The van der Waals surface area contributed by atoms with E-state index < -0.39 is 0 Å². The number of nitrogens with one attached hydrogen (secondary N) is 1. The summed E-state index contributed by atoms with van der Waals surface area (Å²) in [5.41, 5.74) is 6.96. The lowest BCUT2D eigenvalue weighted by Crippen LogP contribution is -2.52. The van der Waals surface area contributed by atoms with Crippen LogP contribution in [0.3, 0.4) is 0 Å². The van der Waals surface area contributed by atoms with Crippen LogP contribution in [0.4, 0.5) is 0 Å². The van der Waals surface area contributed by atoms with Gasteiger partial charge in [0, 0.05) is 6.54 Å². The van der Waals surface area contributed by atoms with Gasteiger partial charge in [0.25, 0.3) is 5.91 Å². The predicted molar refractivity (Wildman–Crippen MR) is 76.0 cm³/mol. The molecule has 0 spiro atoms. The lowest BCUT2D eigenvalue weighted by Gasteiger charge is -2.31. The lowest BCUT2D eigenvalue weighted by molar-refractivity contribution is 0.0895. The molecule has 18 heavy (non-hydrogen) atoms. The van der Waals surface area contributed by atoms with Crippen molar-refractivity contribution in [1.29, 1.82) is 0 Å². The van der Waals surface area contributed by atoms with Crippen molar-refractivity contribution in [2.45, 2.75) is 39.2 Å². The van der Waals surface area contributed by atoms with Gasteiger partial charge in [-0.05, 0) is 37.5 Å². The van der Waals surface area contributed by atoms with Gasteiger partial charge >= 0.3 is 0 Å². The maximum atomic E-state index is 12.2. The molecule has 0 atom stereocenters. The molecule has 0 heterocycles. The van der Waals surface area contributed by atoms with E-state index in [1.54, 1.807) is 12.1 Å². The second-order valence-electron chi connectivity index (χ2n) is 4.63. The van der Waals surface area contributed by atoms with Crippen molar-refractivity contribution in [3.05, 3.63) is 34.3 Å². The van der Waals surface area contributed by atoms with Gasteiger partial charge in [0.15, 0.2) is 0 Å². The van der Waals surface area contributed by atoms with Crippen LogP contribution < -0.4 is 11.1 Å². The van der Waals surface area contributed by atoms with Crippen LogP contribution >= 0.6 is 11.6 Å². The van der Waals surface area contributed by atoms with Crippen LogP contribution in [0.1, 0.15) is 42.6 Å². The minimum Gasteiger partial charge on any atom is -0.345 e. The Hall–Kier alpha value is -1.06. The highest BCUT2D eigenvalue weighted by Gasteiger charge is 2.27. The summed E-state index contributed by atoms with van der Waals surface area (Å²) in [5.74, 6) is -0.158. The average Bonchev–Trinajstić information content (AvgIpc) is 2.36. The molecule has 1 aromatic carbocycles. The molecule has 0 bridgehead atoms. The Bertz CT molecular complexity index is 420. The van der Waals surface area contributed by atoms with Gasteiger partial charge in [-0.2, -0.15) is 0 Å². The van der Waals surface area contributed by atoms with E-state index in [4.69, 9.17) is 17.3 Å². The van der Waals surface area contributed by atoms with E-state index in [1.165, 1.54) is 0 Å². The normalized spacial score (nSPS) is 11.4. The molecular formula is C14H21ClN2O. The third-order valence-corrected chi connectivity index (χ3v) is 3.80. The number of rotatable bonds is 5. The molecule has 0 aliphatic heterocycles. The van der Waals surface area contributed by atoms with Gasteiger partial charge < -0.3 is 11.1 Å². The third kappa shape index (κ3) is 3.24. The van der Waals surface area contributed by atoms with Crippen LogP contribution in [0.15, 0.2) is 18.2 Å². The van der Waals surface area contributed by atoms with E-state index in [1.807, 2.05) is 26.8 Å². The van der Waals surface area contributed by atoms with Crippen molar-refractivity contribution in [2.24, 2.45) is 5.73 Å². The first-order chi connectivity index (χ1) is 8.48.